The summed E-state index contributed by atoms with van der Waals surface area (Å²) in [7, 11) is 0. The van der Waals surface area contributed by atoms with Gasteiger partial charge in [-0.2, -0.15) is 0 Å². The quantitative estimate of drug-likeness (QED) is 0.405. The smallest absolute Gasteiger partial charge is 0.338 e. The lowest BCUT2D eigenvalue weighted by atomic mass is 10.1. The van der Waals surface area contributed by atoms with Crippen molar-refractivity contribution in [3.63, 3.8) is 0 Å². The number of rotatable bonds is 7. The molecule has 0 N–H and O–H groups in total. The number of carbonyl (C=O) groups excluding carboxylic acids is 1. The summed E-state index contributed by atoms with van der Waals surface area (Å²) in [6.45, 7) is 0.323. The summed E-state index contributed by atoms with van der Waals surface area (Å²) in [5.74, 6) is 0.431. The van der Waals surface area contributed by atoms with Crippen molar-refractivity contribution in [3.05, 3.63) is 88.6 Å². The van der Waals surface area contributed by atoms with E-state index < -0.39 is 5.97 Å². The zero-order chi connectivity index (χ0) is 20.1. The third-order valence-electron chi connectivity index (χ3n) is 3.96. The monoisotopic (exact) mass is 410 g/mol. The molecule has 0 aliphatic rings. The Kier molecular flexibility index (Phi) is 5.62. The Labute approximate surface area is 169 Å². The highest BCUT2D eigenvalue weighted by molar-refractivity contribution is 7.09. The number of ether oxygens (including phenoxy) is 2. The maximum Gasteiger partial charge on any atom is 0.338 e. The van der Waals surface area contributed by atoms with Crippen LogP contribution in [0, 0.1) is 5.82 Å². The van der Waals surface area contributed by atoms with E-state index in [9.17, 15) is 9.18 Å². The summed E-state index contributed by atoms with van der Waals surface area (Å²) in [5.41, 5.74) is 1.90. The molecule has 0 atom stereocenters. The molecular formula is C21H15FN2O4S. The van der Waals surface area contributed by atoms with E-state index in [-0.39, 0.29) is 19.0 Å². The second kappa shape index (κ2) is 8.66. The molecule has 8 heteroatoms. The summed E-state index contributed by atoms with van der Waals surface area (Å²) in [5, 5.41) is 2.54. The Balaban J connectivity index is 1.29. The Hall–Kier alpha value is -3.52. The van der Waals surface area contributed by atoms with Crippen LogP contribution < -0.4 is 4.74 Å². The lowest BCUT2D eigenvalue weighted by molar-refractivity contribution is 0.0468. The average molecular weight is 410 g/mol. The minimum Gasteiger partial charge on any atom is -0.486 e. The van der Waals surface area contributed by atoms with Crippen molar-refractivity contribution in [1.82, 2.24) is 9.97 Å². The van der Waals surface area contributed by atoms with Gasteiger partial charge in [0.05, 0.1) is 17.5 Å². The first kappa shape index (κ1) is 18.8. The fourth-order valence-electron chi connectivity index (χ4n) is 2.51. The molecule has 29 heavy (non-hydrogen) atoms. The van der Waals surface area contributed by atoms with Crippen molar-refractivity contribution in [2.24, 2.45) is 0 Å². The van der Waals surface area contributed by atoms with Crippen LogP contribution in [0.1, 0.15) is 21.1 Å². The van der Waals surface area contributed by atoms with Gasteiger partial charge >= 0.3 is 5.97 Å². The number of carbonyl (C=O) groups is 1. The van der Waals surface area contributed by atoms with E-state index in [1.165, 1.54) is 29.9 Å². The number of oxazole rings is 1. The van der Waals surface area contributed by atoms with Crippen LogP contribution in [-0.2, 0) is 18.0 Å². The molecule has 2 aromatic carbocycles. The third-order valence-corrected chi connectivity index (χ3v) is 4.83. The number of nitrogens with zero attached hydrogens (tertiary/aromatic N) is 2. The van der Waals surface area contributed by atoms with Gasteiger partial charge in [0, 0.05) is 10.9 Å². The van der Waals surface area contributed by atoms with Crippen LogP contribution in [0.4, 0.5) is 4.39 Å². The van der Waals surface area contributed by atoms with E-state index in [1.807, 2.05) is 5.38 Å². The molecule has 146 valence electrons. The lowest BCUT2D eigenvalue weighted by Gasteiger charge is -2.04. The van der Waals surface area contributed by atoms with E-state index in [1.54, 1.807) is 42.6 Å². The van der Waals surface area contributed by atoms with Gasteiger partial charge in [-0.3, -0.25) is 0 Å². The zero-order valence-corrected chi connectivity index (χ0v) is 15.9. The van der Waals surface area contributed by atoms with Gasteiger partial charge in [0.25, 0.3) is 0 Å². The normalized spacial score (nSPS) is 10.7. The number of thiazole rings is 1. The molecule has 4 rings (SSSR count). The standard InChI is InChI=1S/C21H15FN2O4S/c22-16-5-7-18(8-6-16)26-11-20-24-17(12-29-20)10-27-21(25)15-3-1-14(2-4-15)19-9-23-13-28-19/h1-9,12-13H,10-11H2. The highest BCUT2D eigenvalue weighted by Crippen LogP contribution is 2.20. The molecule has 4 aromatic rings. The van der Waals surface area contributed by atoms with Gasteiger partial charge in [-0.05, 0) is 36.4 Å². The average Bonchev–Trinajstić information content (AvgIpc) is 3.44. The molecule has 0 radical (unpaired) electrons. The maximum absolute atomic E-state index is 12.9. The number of hydrogen-bond acceptors (Lipinski definition) is 7. The van der Waals surface area contributed by atoms with Crippen LogP contribution in [0.5, 0.6) is 5.75 Å². The molecule has 0 aliphatic carbocycles. The van der Waals surface area contributed by atoms with Gasteiger partial charge in [-0.1, -0.05) is 12.1 Å². The van der Waals surface area contributed by atoms with Crippen molar-refractivity contribution in [1.29, 1.82) is 0 Å². The van der Waals surface area contributed by atoms with Gasteiger partial charge in [-0.15, -0.1) is 11.3 Å². The molecule has 0 unspecified atom stereocenters. The van der Waals surface area contributed by atoms with Gasteiger partial charge < -0.3 is 13.9 Å². The summed E-state index contributed by atoms with van der Waals surface area (Å²) < 4.78 is 29.0. The molecule has 0 saturated heterocycles. The zero-order valence-electron chi connectivity index (χ0n) is 15.1. The van der Waals surface area contributed by atoms with E-state index in [4.69, 9.17) is 13.9 Å². The second-order valence-electron chi connectivity index (χ2n) is 5.99. The highest BCUT2D eigenvalue weighted by Gasteiger charge is 2.11. The molecule has 0 spiro atoms. The summed E-state index contributed by atoms with van der Waals surface area (Å²) in [6, 6.07) is 12.7. The van der Waals surface area contributed by atoms with E-state index >= 15 is 0 Å². The fraction of sp³-hybridized carbons (Fsp3) is 0.0952. The van der Waals surface area contributed by atoms with E-state index in [0.29, 0.717) is 22.8 Å². The van der Waals surface area contributed by atoms with Gasteiger partial charge in [0.15, 0.2) is 12.2 Å². The fourth-order valence-corrected chi connectivity index (χ4v) is 3.20. The Morgan fingerprint density at radius 2 is 1.86 bits per heavy atom. The number of benzene rings is 2. The number of esters is 1. The van der Waals surface area contributed by atoms with Gasteiger partial charge in [0.1, 0.15) is 29.8 Å². The van der Waals surface area contributed by atoms with Crippen molar-refractivity contribution in [2.45, 2.75) is 13.2 Å². The van der Waals surface area contributed by atoms with Crippen LogP contribution in [0.2, 0.25) is 0 Å². The summed E-state index contributed by atoms with van der Waals surface area (Å²) >= 11 is 1.40. The second-order valence-corrected chi connectivity index (χ2v) is 6.94. The Morgan fingerprint density at radius 1 is 1.07 bits per heavy atom. The van der Waals surface area contributed by atoms with Crippen molar-refractivity contribution in [3.8, 4) is 17.1 Å². The maximum atomic E-state index is 12.9. The molecule has 0 saturated carbocycles. The number of aromatic nitrogens is 2. The van der Waals surface area contributed by atoms with Crippen LogP contribution in [0.15, 0.2) is 70.9 Å². The molecule has 0 bridgehead atoms. The molecule has 2 aromatic heterocycles. The molecule has 0 aliphatic heterocycles. The summed E-state index contributed by atoms with van der Waals surface area (Å²) in [6.07, 6.45) is 2.96. The van der Waals surface area contributed by atoms with Crippen LogP contribution >= 0.6 is 11.3 Å². The molecule has 2 heterocycles. The van der Waals surface area contributed by atoms with Crippen molar-refractivity contribution in [2.75, 3.05) is 0 Å². The predicted molar refractivity (Wildman–Crippen MR) is 104 cm³/mol. The first-order valence-corrected chi connectivity index (χ1v) is 9.53. The molecular weight excluding hydrogens is 395 g/mol. The molecule has 0 amide bonds. The largest absolute Gasteiger partial charge is 0.486 e. The highest BCUT2D eigenvalue weighted by atomic mass is 32.1. The predicted octanol–water partition coefficient (Wildman–Crippen LogP) is 4.87. The van der Waals surface area contributed by atoms with Crippen molar-refractivity contribution < 1.29 is 23.1 Å². The van der Waals surface area contributed by atoms with E-state index in [0.717, 1.165) is 10.6 Å². The number of halogens is 1. The molecule has 6 nitrogen and oxygen atoms in total. The summed E-state index contributed by atoms with van der Waals surface area (Å²) in [4.78, 5) is 20.5. The Morgan fingerprint density at radius 3 is 2.59 bits per heavy atom. The minimum atomic E-state index is -0.439. The molecule has 0 fully saturated rings. The van der Waals surface area contributed by atoms with Gasteiger partial charge in [-0.25, -0.2) is 19.2 Å². The SMILES string of the molecule is O=C(OCc1csc(COc2ccc(F)cc2)n1)c1ccc(-c2cnco2)cc1. The van der Waals surface area contributed by atoms with Crippen LogP contribution in [-0.4, -0.2) is 15.9 Å². The first-order valence-electron chi connectivity index (χ1n) is 8.65. The van der Waals surface area contributed by atoms with E-state index in [2.05, 4.69) is 9.97 Å². The van der Waals surface area contributed by atoms with Crippen LogP contribution in [0.3, 0.4) is 0 Å². The topological polar surface area (TPSA) is 74.5 Å². The first-order chi connectivity index (χ1) is 14.2. The number of hydrogen-bond donors (Lipinski definition) is 0. The van der Waals surface area contributed by atoms with Crippen LogP contribution in [0.25, 0.3) is 11.3 Å². The van der Waals surface area contributed by atoms with Gasteiger partial charge in [0.2, 0.25) is 0 Å². The van der Waals surface area contributed by atoms with Crippen molar-refractivity contribution >= 4 is 17.3 Å². The Bertz CT molecular complexity index is 1080. The third kappa shape index (κ3) is 4.85. The lowest BCUT2D eigenvalue weighted by Crippen LogP contribution is -2.05. The minimum absolute atomic E-state index is 0.0652.